The number of halogens is 1. The van der Waals surface area contributed by atoms with Gasteiger partial charge >= 0.3 is 0 Å². The minimum Gasteiger partial charge on any atom is -0.347 e. The van der Waals surface area contributed by atoms with Gasteiger partial charge in [0.15, 0.2) is 0 Å². The zero-order valence-corrected chi connectivity index (χ0v) is 17.8. The second-order valence-electron chi connectivity index (χ2n) is 6.48. The fraction of sp³-hybridized carbons (Fsp3) is 0.286. The van der Waals surface area contributed by atoms with Gasteiger partial charge in [0, 0.05) is 33.7 Å². The Morgan fingerprint density at radius 2 is 2.15 bits per heavy atom. The average molecular weight is 444 g/mol. The van der Waals surface area contributed by atoms with Crippen LogP contribution in [-0.4, -0.2) is 15.9 Å². The molecule has 0 aliphatic heterocycles. The second kappa shape index (κ2) is 9.24. The molecule has 6 heteroatoms. The standard InChI is InChI=1S/C21H22BrN3OS/c1-3-16(10-15-6-4-8-18(22)11-15)20(26)24-14(2)21-25-19(13-27-21)17-7-5-9-23-12-17/h4-9,11-14,16H,3,10H2,1-2H3,(H,24,26). The van der Waals surface area contributed by atoms with Crippen LogP contribution in [0.3, 0.4) is 0 Å². The van der Waals surface area contributed by atoms with Crippen LogP contribution in [-0.2, 0) is 11.2 Å². The zero-order valence-electron chi connectivity index (χ0n) is 15.4. The highest BCUT2D eigenvalue weighted by molar-refractivity contribution is 9.10. The number of carbonyl (C=O) groups is 1. The van der Waals surface area contributed by atoms with Crippen LogP contribution in [0.25, 0.3) is 11.3 Å². The highest BCUT2D eigenvalue weighted by Gasteiger charge is 2.21. The molecule has 0 fully saturated rings. The maximum absolute atomic E-state index is 12.8. The van der Waals surface area contributed by atoms with E-state index in [0.717, 1.165) is 39.1 Å². The van der Waals surface area contributed by atoms with Crippen molar-refractivity contribution in [2.45, 2.75) is 32.7 Å². The van der Waals surface area contributed by atoms with Crippen molar-refractivity contribution in [1.29, 1.82) is 0 Å². The van der Waals surface area contributed by atoms with Gasteiger partial charge in [-0.05, 0) is 49.6 Å². The van der Waals surface area contributed by atoms with E-state index in [-0.39, 0.29) is 17.9 Å². The Kier molecular flexibility index (Phi) is 6.74. The van der Waals surface area contributed by atoms with E-state index in [1.54, 1.807) is 23.7 Å². The van der Waals surface area contributed by atoms with Crippen molar-refractivity contribution in [1.82, 2.24) is 15.3 Å². The van der Waals surface area contributed by atoms with Gasteiger partial charge < -0.3 is 5.32 Å². The van der Waals surface area contributed by atoms with Crippen molar-refractivity contribution in [3.05, 3.63) is 69.2 Å². The summed E-state index contributed by atoms with van der Waals surface area (Å²) in [5.74, 6) is 0.0163. The van der Waals surface area contributed by atoms with Crippen molar-refractivity contribution in [2.24, 2.45) is 5.92 Å². The lowest BCUT2D eigenvalue weighted by Crippen LogP contribution is -2.33. The normalized spacial score (nSPS) is 13.1. The molecule has 2 atom stereocenters. The molecule has 2 heterocycles. The van der Waals surface area contributed by atoms with Gasteiger partial charge in [-0.25, -0.2) is 4.98 Å². The first-order valence-corrected chi connectivity index (χ1v) is 10.6. The van der Waals surface area contributed by atoms with Gasteiger partial charge in [0.25, 0.3) is 0 Å². The smallest absolute Gasteiger partial charge is 0.223 e. The predicted octanol–water partition coefficient (Wildman–Crippen LogP) is 5.41. The maximum atomic E-state index is 12.8. The van der Waals surface area contributed by atoms with Crippen molar-refractivity contribution < 1.29 is 4.79 Å². The molecule has 0 aliphatic rings. The summed E-state index contributed by atoms with van der Waals surface area (Å²) in [6.45, 7) is 4.03. The summed E-state index contributed by atoms with van der Waals surface area (Å²) in [5, 5.41) is 6.04. The number of hydrogen-bond acceptors (Lipinski definition) is 4. The first-order chi connectivity index (χ1) is 13.1. The Labute approximate surface area is 172 Å². The van der Waals surface area contributed by atoms with Gasteiger partial charge in [0.1, 0.15) is 5.01 Å². The molecule has 3 aromatic rings. The Morgan fingerprint density at radius 3 is 2.85 bits per heavy atom. The van der Waals surface area contributed by atoms with Crippen LogP contribution in [0, 0.1) is 5.92 Å². The molecule has 0 radical (unpaired) electrons. The molecule has 2 unspecified atom stereocenters. The molecular formula is C21H22BrN3OS. The number of rotatable bonds is 7. The van der Waals surface area contributed by atoms with Gasteiger partial charge in [-0.3, -0.25) is 9.78 Å². The van der Waals surface area contributed by atoms with Gasteiger partial charge in [-0.1, -0.05) is 35.0 Å². The van der Waals surface area contributed by atoms with Gasteiger partial charge in [-0.15, -0.1) is 11.3 Å². The third kappa shape index (κ3) is 5.23. The SMILES string of the molecule is CCC(Cc1cccc(Br)c1)C(=O)NC(C)c1nc(-c2cccnc2)cs1. The monoisotopic (exact) mass is 443 g/mol. The predicted molar refractivity (Wildman–Crippen MR) is 114 cm³/mol. The van der Waals surface area contributed by atoms with Crippen LogP contribution in [0.1, 0.15) is 36.9 Å². The lowest BCUT2D eigenvalue weighted by Gasteiger charge is -2.18. The van der Waals surface area contributed by atoms with Crippen molar-refractivity contribution in [3.63, 3.8) is 0 Å². The summed E-state index contributed by atoms with van der Waals surface area (Å²) in [6, 6.07) is 11.9. The fourth-order valence-electron chi connectivity index (χ4n) is 2.90. The quantitative estimate of drug-likeness (QED) is 0.530. The minimum atomic E-state index is -0.121. The molecule has 0 aliphatic carbocycles. The Morgan fingerprint density at radius 1 is 1.30 bits per heavy atom. The van der Waals surface area contributed by atoms with Crippen LogP contribution in [0.15, 0.2) is 58.6 Å². The Balaban J connectivity index is 1.65. The molecule has 140 valence electrons. The number of amides is 1. The molecule has 27 heavy (non-hydrogen) atoms. The lowest BCUT2D eigenvalue weighted by molar-refractivity contribution is -0.125. The molecule has 1 amide bonds. The second-order valence-corrected chi connectivity index (χ2v) is 8.29. The summed E-state index contributed by atoms with van der Waals surface area (Å²) in [7, 11) is 0. The van der Waals surface area contributed by atoms with E-state index in [0.29, 0.717) is 0 Å². The minimum absolute atomic E-state index is 0.0560. The van der Waals surface area contributed by atoms with E-state index in [2.05, 4.69) is 50.3 Å². The number of nitrogens with one attached hydrogen (secondary N) is 1. The molecule has 1 aromatic carbocycles. The Bertz CT molecular complexity index is 897. The number of hydrogen-bond donors (Lipinski definition) is 1. The van der Waals surface area contributed by atoms with Gasteiger partial charge in [0.2, 0.25) is 5.91 Å². The molecule has 4 nitrogen and oxygen atoms in total. The summed E-state index contributed by atoms with van der Waals surface area (Å²) in [5.41, 5.74) is 3.04. The first-order valence-electron chi connectivity index (χ1n) is 8.97. The van der Waals surface area contributed by atoms with Crippen LogP contribution >= 0.6 is 27.3 Å². The fourth-order valence-corrected chi connectivity index (χ4v) is 4.18. The Hall–Kier alpha value is -2.05. The number of pyridine rings is 1. The molecule has 1 N–H and O–H groups in total. The first kappa shape index (κ1) is 19.7. The third-order valence-electron chi connectivity index (χ3n) is 4.44. The zero-order chi connectivity index (χ0) is 19.2. The summed E-state index contributed by atoms with van der Waals surface area (Å²) in [6.07, 6.45) is 5.07. The third-order valence-corrected chi connectivity index (χ3v) is 5.96. The molecule has 3 rings (SSSR count). The van der Waals surface area contributed by atoms with E-state index in [4.69, 9.17) is 0 Å². The van der Waals surface area contributed by atoms with Crippen molar-refractivity contribution >= 4 is 33.2 Å². The van der Waals surface area contributed by atoms with Crippen LogP contribution in [0.2, 0.25) is 0 Å². The maximum Gasteiger partial charge on any atom is 0.223 e. The summed E-state index contributed by atoms with van der Waals surface area (Å²) < 4.78 is 1.04. The molecule has 0 spiro atoms. The van der Waals surface area contributed by atoms with E-state index >= 15 is 0 Å². The average Bonchev–Trinajstić information content (AvgIpc) is 3.17. The number of aromatic nitrogens is 2. The number of nitrogens with zero attached hydrogens (tertiary/aromatic N) is 2. The van der Waals surface area contributed by atoms with Crippen molar-refractivity contribution in [3.8, 4) is 11.3 Å². The molecular weight excluding hydrogens is 422 g/mol. The molecule has 0 saturated carbocycles. The number of thiazole rings is 1. The molecule has 0 bridgehead atoms. The topological polar surface area (TPSA) is 54.9 Å². The van der Waals surface area contributed by atoms with E-state index < -0.39 is 0 Å². The molecule has 2 aromatic heterocycles. The number of benzene rings is 1. The highest BCUT2D eigenvalue weighted by atomic mass is 79.9. The van der Waals surface area contributed by atoms with Crippen LogP contribution < -0.4 is 5.32 Å². The lowest BCUT2D eigenvalue weighted by atomic mass is 9.96. The summed E-state index contributed by atoms with van der Waals surface area (Å²) in [4.78, 5) is 21.6. The largest absolute Gasteiger partial charge is 0.347 e. The van der Waals surface area contributed by atoms with E-state index in [9.17, 15) is 4.79 Å². The van der Waals surface area contributed by atoms with E-state index in [1.165, 1.54) is 0 Å². The van der Waals surface area contributed by atoms with Gasteiger partial charge in [-0.2, -0.15) is 0 Å². The van der Waals surface area contributed by atoms with E-state index in [1.807, 2.05) is 36.6 Å². The molecule has 0 saturated heterocycles. The van der Waals surface area contributed by atoms with Gasteiger partial charge in [0.05, 0.1) is 11.7 Å². The van der Waals surface area contributed by atoms with Crippen molar-refractivity contribution in [2.75, 3.05) is 0 Å². The number of carbonyl (C=O) groups excluding carboxylic acids is 1. The highest BCUT2D eigenvalue weighted by Crippen LogP contribution is 2.25. The van der Waals surface area contributed by atoms with Crippen LogP contribution in [0.5, 0.6) is 0 Å². The summed E-state index contributed by atoms with van der Waals surface area (Å²) >= 11 is 5.05. The van der Waals surface area contributed by atoms with Crippen LogP contribution in [0.4, 0.5) is 0 Å².